The minimum Gasteiger partial charge on any atom is -0.388 e. The fraction of sp³-hybridized carbons (Fsp3) is 0.250. The van der Waals surface area contributed by atoms with Crippen molar-refractivity contribution in [3.63, 3.8) is 0 Å². The number of aromatic nitrogens is 2. The van der Waals surface area contributed by atoms with Crippen molar-refractivity contribution < 1.29 is 5.11 Å². The summed E-state index contributed by atoms with van der Waals surface area (Å²) in [4.78, 5) is 5.60. The second-order valence-corrected chi connectivity index (χ2v) is 7.22. The average Bonchev–Trinajstić information content (AvgIpc) is 3.14. The molecule has 6 heteroatoms. The van der Waals surface area contributed by atoms with Gasteiger partial charge in [-0.2, -0.15) is 0 Å². The Hall–Kier alpha value is -1.50. The highest BCUT2D eigenvalue weighted by molar-refractivity contribution is 9.10. The quantitative estimate of drug-likeness (QED) is 0.719. The Bertz CT molecular complexity index is 917. The second-order valence-electron chi connectivity index (χ2n) is 5.47. The van der Waals surface area contributed by atoms with Crippen LogP contribution in [0.25, 0.3) is 10.2 Å². The third kappa shape index (κ3) is 2.06. The first-order chi connectivity index (χ1) is 10.7. The molecular weight excluding hydrogens is 362 g/mol. The molecule has 1 aliphatic heterocycles. The van der Waals surface area contributed by atoms with Gasteiger partial charge >= 0.3 is 0 Å². The van der Waals surface area contributed by atoms with Crippen LogP contribution in [0.2, 0.25) is 0 Å². The van der Waals surface area contributed by atoms with E-state index in [1.54, 1.807) is 11.3 Å². The zero-order valence-electron chi connectivity index (χ0n) is 11.7. The van der Waals surface area contributed by atoms with E-state index in [1.165, 1.54) is 0 Å². The van der Waals surface area contributed by atoms with Crippen LogP contribution < -0.4 is 5.49 Å². The third-order valence-corrected chi connectivity index (χ3v) is 5.79. The largest absolute Gasteiger partial charge is 0.388 e. The monoisotopic (exact) mass is 375 g/mol. The van der Waals surface area contributed by atoms with Crippen molar-refractivity contribution in [3.05, 3.63) is 57.1 Å². The van der Waals surface area contributed by atoms with Crippen LogP contribution in [-0.4, -0.2) is 14.7 Å². The molecule has 0 saturated heterocycles. The summed E-state index contributed by atoms with van der Waals surface area (Å²) in [5.74, 6) is 0.748. The predicted octanol–water partition coefficient (Wildman–Crippen LogP) is 3.56. The van der Waals surface area contributed by atoms with Gasteiger partial charge in [-0.05, 0) is 29.5 Å². The first-order valence-corrected chi connectivity index (χ1v) is 8.79. The van der Waals surface area contributed by atoms with Gasteiger partial charge in [-0.3, -0.25) is 5.41 Å². The molecule has 2 aromatic heterocycles. The van der Waals surface area contributed by atoms with Gasteiger partial charge < -0.3 is 9.67 Å². The Balaban J connectivity index is 1.83. The van der Waals surface area contributed by atoms with Crippen molar-refractivity contribution in [3.8, 4) is 0 Å². The van der Waals surface area contributed by atoms with Crippen LogP contribution in [0.1, 0.15) is 29.8 Å². The van der Waals surface area contributed by atoms with Gasteiger partial charge in [0, 0.05) is 16.9 Å². The summed E-state index contributed by atoms with van der Waals surface area (Å²) in [5, 5.41) is 22.0. The maximum Gasteiger partial charge on any atom is 0.136 e. The molecule has 0 spiro atoms. The van der Waals surface area contributed by atoms with Gasteiger partial charge in [-0.1, -0.05) is 34.1 Å². The molecule has 2 atom stereocenters. The number of benzene rings is 1. The molecule has 22 heavy (non-hydrogen) atoms. The fourth-order valence-electron chi connectivity index (χ4n) is 3.13. The van der Waals surface area contributed by atoms with Crippen LogP contribution in [0.4, 0.5) is 0 Å². The van der Waals surface area contributed by atoms with Crippen molar-refractivity contribution in [1.29, 1.82) is 5.41 Å². The van der Waals surface area contributed by atoms with Crippen LogP contribution in [-0.2, 0) is 6.54 Å². The molecule has 2 N–H and O–H groups in total. The van der Waals surface area contributed by atoms with Gasteiger partial charge in [-0.25, -0.2) is 4.98 Å². The lowest BCUT2D eigenvalue weighted by molar-refractivity contribution is 0.142. The van der Waals surface area contributed by atoms with Crippen LogP contribution in [0.5, 0.6) is 0 Å². The van der Waals surface area contributed by atoms with E-state index in [1.807, 2.05) is 40.3 Å². The van der Waals surface area contributed by atoms with E-state index in [9.17, 15) is 5.11 Å². The zero-order chi connectivity index (χ0) is 15.3. The molecule has 1 aliphatic rings. The Morgan fingerprint density at radius 1 is 1.36 bits per heavy atom. The smallest absolute Gasteiger partial charge is 0.136 e. The second kappa shape index (κ2) is 5.30. The Morgan fingerprint density at radius 2 is 2.18 bits per heavy atom. The number of nitrogens with zero attached hydrogens (tertiary/aromatic N) is 2. The van der Waals surface area contributed by atoms with Gasteiger partial charge in [0.2, 0.25) is 0 Å². The Morgan fingerprint density at radius 3 is 3.00 bits per heavy atom. The SMILES string of the molecule is N=c1c2ccsc2nc2n1CCC2C(O)c1ccccc1Br. The summed E-state index contributed by atoms with van der Waals surface area (Å²) in [6.45, 7) is 0.735. The highest BCUT2D eigenvalue weighted by Crippen LogP contribution is 2.39. The maximum atomic E-state index is 10.8. The lowest BCUT2D eigenvalue weighted by Crippen LogP contribution is -2.21. The number of nitrogens with one attached hydrogen (secondary N) is 1. The minimum atomic E-state index is -0.617. The molecule has 2 unspecified atom stereocenters. The van der Waals surface area contributed by atoms with Gasteiger partial charge in [0.15, 0.2) is 0 Å². The van der Waals surface area contributed by atoms with Crippen LogP contribution in [0, 0.1) is 5.41 Å². The number of thiophene rings is 1. The van der Waals surface area contributed by atoms with E-state index in [-0.39, 0.29) is 5.92 Å². The molecular formula is C16H14BrN3OS. The molecule has 0 amide bonds. The number of aliphatic hydroxyl groups excluding tert-OH is 1. The number of fused-ring (bicyclic) bond motifs is 2. The summed E-state index contributed by atoms with van der Waals surface area (Å²) in [7, 11) is 0. The Kier molecular flexibility index (Phi) is 3.40. The molecule has 112 valence electrons. The van der Waals surface area contributed by atoms with E-state index in [2.05, 4.69) is 15.9 Å². The van der Waals surface area contributed by atoms with Gasteiger partial charge in [0.25, 0.3) is 0 Å². The van der Waals surface area contributed by atoms with Crippen molar-refractivity contribution in [2.75, 3.05) is 0 Å². The molecule has 0 radical (unpaired) electrons. The van der Waals surface area contributed by atoms with Crippen molar-refractivity contribution in [2.45, 2.75) is 25.0 Å². The maximum absolute atomic E-state index is 10.8. The molecule has 0 aliphatic carbocycles. The van der Waals surface area contributed by atoms with Crippen molar-refractivity contribution >= 4 is 37.5 Å². The number of aliphatic hydroxyl groups is 1. The summed E-state index contributed by atoms with van der Waals surface area (Å²) in [6.07, 6.45) is 0.187. The summed E-state index contributed by atoms with van der Waals surface area (Å²) < 4.78 is 2.84. The lowest BCUT2D eigenvalue weighted by atomic mass is 9.94. The van der Waals surface area contributed by atoms with E-state index in [0.29, 0.717) is 5.49 Å². The summed E-state index contributed by atoms with van der Waals surface area (Å²) in [6, 6.07) is 9.68. The average molecular weight is 376 g/mol. The normalized spacial score (nSPS) is 18.5. The Labute approximate surface area is 139 Å². The zero-order valence-corrected chi connectivity index (χ0v) is 14.1. The molecule has 0 saturated carbocycles. The minimum absolute atomic E-state index is 0.0747. The number of hydrogen-bond acceptors (Lipinski definition) is 4. The van der Waals surface area contributed by atoms with E-state index < -0.39 is 6.10 Å². The van der Waals surface area contributed by atoms with Crippen LogP contribution >= 0.6 is 27.3 Å². The molecule has 3 aromatic rings. The van der Waals surface area contributed by atoms with Crippen LogP contribution in [0.3, 0.4) is 0 Å². The van der Waals surface area contributed by atoms with Crippen molar-refractivity contribution in [1.82, 2.24) is 9.55 Å². The van der Waals surface area contributed by atoms with Crippen LogP contribution in [0.15, 0.2) is 40.2 Å². The van der Waals surface area contributed by atoms with E-state index in [0.717, 1.165) is 39.0 Å². The molecule has 4 nitrogen and oxygen atoms in total. The molecule has 0 fully saturated rings. The standard InChI is InChI=1S/C16H14BrN3OS/c17-12-4-2-1-3-9(12)13(21)10-5-7-20-14(18)11-6-8-22-16(11)19-15(10)20/h1-4,6,8,10,13,18,21H,5,7H2. The highest BCUT2D eigenvalue weighted by atomic mass is 79.9. The molecule has 1 aromatic carbocycles. The lowest BCUT2D eigenvalue weighted by Gasteiger charge is -2.19. The highest BCUT2D eigenvalue weighted by Gasteiger charge is 2.32. The number of rotatable bonds is 2. The van der Waals surface area contributed by atoms with Gasteiger partial charge in [0.05, 0.1) is 11.5 Å². The first-order valence-electron chi connectivity index (χ1n) is 7.12. The number of halogens is 1. The van der Waals surface area contributed by atoms with E-state index >= 15 is 0 Å². The van der Waals surface area contributed by atoms with Gasteiger partial charge in [-0.15, -0.1) is 11.3 Å². The number of hydrogen-bond donors (Lipinski definition) is 2. The fourth-order valence-corrected chi connectivity index (χ4v) is 4.42. The molecule has 3 heterocycles. The first kappa shape index (κ1) is 14.1. The third-order valence-electron chi connectivity index (χ3n) is 4.26. The summed E-state index contributed by atoms with van der Waals surface area (Å²) in [5.41, 5.74) is 1.38. The van der Waals surface area contributed by atoms with Crippen molar-refractivity contribution in [2.24, 2.45) is 0 Å². The predicted molar refractivity (Wildman–Crippen MR) is 89.9 cm³/mol. The summed E-state index contributed by atoms with van der Waals surface area (Å²) >= 11 is 5.05. The van der Waals surface area contributed by atoms with Gasteiger partial charge in [0.1, 0.15) is 16.1 Å². The molecule has 4 rings (SSSR count). The van der Waals surface area contributed by atoms with E-state index in [4.69, 9.17) is 10.4 Å². The topological polar surface area (TPSA) is 61.9 Å². The molecule has 0 bridgehead atoms.